The highest BCUT2D eigenvalue weighted by Gasteiger charge is 2.18. The first kappa shape index (κ1) is 13.4. The number of thioether (sulfide) groups is 1. The Labute approximate surface area is 113 Å². The monoisotopic (exact) mass is 264 g/mol. The lowest BCUT2D eigenvalue weighted by Crippen LogP contribution is -2.36. The SMILES string of the molecule is CSC(=O)c1ccccc1NC1CCN(C)CC1. The summed E-state index contributed by atoms with van der Waals surface area (Å²) in [5, 5.41) is 3.65. The van der Waals surface area contributed by atoms with Crippen LogP contribution in [-0.4, -0.2) is 42.4 Å². The Kier molecular flexibility index (Phi) is 4.66. The number of nitrogens with zero attached hydrogens (tertiary/aromatic N) is 1. The van der Waals surface area contributed by atoms with Crippen molar-refractivity contribution in [3.05, 3.63) is 29.8 Å². The van der Waals surface area contributed by atoms with Crippen LogP contribution in [0.5, 0.6) is 0 Å². The maximum atomic E-state index is 11.8. The number of para-hydroxylation sites is 1. The summed E-state index contributed by atoms with van der Waals surface area (Å²) in [6.45, 7) is 2.24. The summed E-state index contributed by atoms with van der Waals surface area (Å²) in [6, 6.07) is 8.28. The van der Waals surface area contributed by atoms with Crippen LogP contribution >= 0.6 is 11.8 Å². The molecule has 0 aliphatic carbocycles. The van der Waals surface area contributed by atoms with Gasteiger partial charge in [0.2, 0.25) is 5.12 Å². The Morgan fingerprint density at radius 2 is 2.00 bits per heavy atom. The summed E-state index contributed by atoms with van der Waals surface area (Å²) >= 11 is 1.27. The molecule has 3 nitrogen and oxygen atoms in total. The van der Waals surface area contributed by atoms with Crippen LogP contribution in [0.1, 0.15) is 23.2 Å². The van der Waals surface area contributed by atoms with E-state index >= 15 is 0 Å². The van der Waals surface area contributed by atoms with Gasteiger partial charge >= 0.3 is 0 Å². The Hall–Kier alpha value is -1.00. The fraction of sp³-hybridized carbons (Fsp3) is 0.500. The molecule has 1 heterocycles. The zero-order valence-electron chi connectivity index (χ0n) is 11.0. The van der Waals surface area contributed by atoms with E-state index in [1.807, 2.05) is 30.5 Å². The van der Waals surface area contributed by atoms with Crippen molar-refractivity contribution in [2.75, 3.05) is 31.7 Å². The zero-order chi connectivity index (χ0) is 13.0. The molecule has 0 radical (unpaired) electrons. The predicted molar refractivity (Wildman–Crippen MR) is 78.4 cm³/mol. The van der Waals surface area contributed by atoms with Gasteiger partial charge in [0, 0.05) is 11.7 Å². The van der Waals surface area contributed by atoms with E-state index in [0.717, 1.165) is 37.2 Å². The molecule has 0 aromatic heterocycles. The van der Waals surface area contributed by atoms with Crippen molar-refractivity contribution in [2.24, 2.45) is 0 Å². The number of rotatable bonds is 3. The molecule has 0 bridgehead atoms. The zero-order valence-corrected chi connectivity index (χ0v) is 11.8. The van der Waals surface area contributed by atoms with E-state index in [1.54, 1.807) is 0 Å². The number of likely N-dealkylation sites (tertiary alicyclic amines) is 1. The van der Waals surface area contributed by atoms with Crippen molar-refractivity contribution in [3.8, 4) is 0 Å². The Morgan fingerprint density at radius 3 is 2.67 bits per heavy atom. The summed E-state index contributed by atoms with van der Waals surface area (Å²) in [5.74, 6) is 0. The average molecular weight is 264 g/mol. The topological polar surface area (TPSA) is 32.3 Å². The minimum absolute atomic E-state index is 0.131. The van der Waals surface area contributed by atoms with Crippen molar-refractivity contribution in [1.29, 1.82) is 0 Å². The Balaban J connectivity index is 2.07. The van der Waals surface area contributed by atoms with Crippen molar-refractivity contribution in [3.63, 3.8) is 0 Å². The van der Waals surface area contributed by atoms with Gasteiger partial charge < -0.3 is 10.2 Å². The minimum Gasteiger partial charge on any atom is -0.382 e. The quantitative estimate of drug-likeness (QED) is 0.910. The molecule has 1 saturated heterocycles. The first-order valence-corrected chi connectivity index (χ1v) is 7.55. The van der Waals surface area contributed by atoms with Crippen LogP contribution in [0.25, 0.3) is 0 Å². The number of carbonyl (C=O) groups excluding carboxylic acids is 1. The van der Waals surface area contributed by atoms with Gasteiger partial charge in [-0.2, -0.15) is 0 Å². The lowest BCUT2D eigenvalue weighted by molar-refractivity contribution is 0.109. The molecule has 0 amide bonds. The van der Waals surface area contributed by atoms with Gasteiger partial charge in [0.15, 0.2) is 0 Å². The van der Waals surface area contributed by atoms with Gasteiger partial charge in [-0.15, -0.1) is 0 Å². The van der Waals surface area contributed by atoms with E-state index in [4.69, 9.17) is 0 Å². The highest BCUT2D eigenvalue weighted by atomic mass is 32.2. The molecule has 1 aromatic carbocycles. The Morgan fingerprint density at radius 1 is 1.33 bits per heavy atom. The van der Waals surface area contributed by atoms with Crippen molar-refractivity contribution >= 4 is 22.6 Å². The van der Waals surface area contributed by atoms with Crippen LogP contribution in [0.2, 0.25) is 0 Å². The molecule has 1 N–H and O–H groups in total. The normalized spacial score (nSPS) is 17.7. The van der Waals surface area contributed by atoms with E-state index < -0.39 is 0 Å². The first-order chi connectivity index (χ1) is 8.70. The smallest absolute Gasteiger partial charge is 0.221 e. The van der Waals surface area contributed by atoms with Gasteiger partial charge in [-0.05, 0) is 51.4 Å². The maximum absolute atomic E-state index is 11.8. The summed E-state index contributed by atoms with van der Waals surface area (Å²) in [7, 11) is 2.15. The molecule has 0 unspecified atom stereocenters. The third-order valence-corrected chi connectivity index (χ3v) is 4.00. The molecule has 4 heteroatoms. The maximum Gasteiger partial charge on any atom is 0.221 e. The minimum atomic E-state index is 0.131. The van der Waals surface area contributed by atoms with E-state index in [1.165, 1.54) is 11.8 Å². The number of hydrogen-bond acceptors (Lipinski definition) is 4. The van der Waals surface area contributed by atoms with Crippen molar-refractivity contribution in [1.82, 2.24) is 4.90 Å². The predicted octanol–water partition coefficient (Wildman–Crippen LogP) is 2.70. The van der Waals surface area contributed by atoms with Crippen LogP contribution < -0.4 is 5.32 Å². The van der Waals surface area contributed by atoms with Gasteiger partial charge in [-0.1, -0.05) is 23.9 Å². The van der Waals surface area contributed by atoms with E-state index in [2.05, 4.69) is 17.3 Å². The molecule has 0 saturated carbocycles. The number of nitrogens with one attached hydrogen (secondary N) is 1. The molecule has 1 fully saturated rings. The largest absolute Gasteiger partial charge is 0.382 e. The van der Waals surface area contributed by atoms with Crippen LogP contribution in [0.4, 0.5) is 5.69 Å². The molecule has 0 atom stereocenters. The van der Waals surface area contributed by atoms with E-state index in [0.29, 0.717) is 6.04 Å². The highest BCUT2D eigenvalue weighted by molar-refractivity contribution is 8.13. The molecular weight excluding hydrogens is 244 g/mol. The molecule has 18 heavy (non-hydrogen) atoms. The second-order valence-corrected chi connectivity index (χ2v) is 5.54. The lowest BCUT2D eigenvalue weighted by Gasteiger charge is -2.30. The van der Waals surface area contributed by atoms with Gasteiger partial charge in [-0.25, -0.2) is 0 Å². The van der Waals surface area contributed by atoms with Gasteiger partial charge in [0.1, 0.15) is 0 Å². The van der Waals surface area contributed by atoms with Gasteiger partial charge in [-0.3, -0.25) is 4.79 Å². The summed E-state index contributed by atoms with van der Waals surface area (Å²) in [6.07, 6.45) is 4.10. The number of piperidine rings is 1. The number of benzene rings is 1. The number of hydrogen-bond donors (Lipinski definition) is 1. The third kappa shape index (κ3) is 3.27. The fourth-order valence-corrected chi connectivity index (χ4v) is 2.67. The first-order valence-electron chi connectivity index (χ1n) is 6.33. The van der Waals surface area contributed by atoms with Crippen LogP contribution in [0.15, 0.2) is 24.3 Å². The molecule has 2 rings (SSSR count). The number of carbonyl (C=O) groups is 1. The highest BCUT2D eigenvalue weighted by Crippen LogP contribution is 2.22. The van der Waals surface area contributed by atoms with Crippen LogP contribution in [0.3, 0.4) is 0 Å². The standard InChI is InChI=1S/C14H20N2OS/c1-16-9-7-11(8-10-16)15-13-6-4-3-5-12(13)14(17)18-2/h3-6,11,15H,7-10H2,1-2H3. The molecule has 1 aromatic rings. The molecule has 1 aliphatic heterocycles. The van der Waals surface area contributed by atoms with Crippen LogP contribution in [0, 0.1) is 0 Å². The second-order valence-electron chi connectivity index (χ2n) is 4.76. The van der Waals surface area contributed by atoms with Gasteiger partial charge in [0.25, 0.3) is 0 Å². The molecular formula is C14H20N2OS. The lowest BCUT2D eigenvalue weighted by atomic mass is 10.0. The van der Waals surface area contributed by atoms with Gasteiger partial charge in [0.05, 0.1) is 5.56 Å². The van der Waals surface area contributed by atoms with Crippen molar-refractivity contribution < 1.29 is 4.79 Å². The van der Waals surface area contributed by atoms with E-state index in [9.17, 15) is 4.79 Å². The second kappa shape index (κ2) is 6.25. The third-order valence-electron chi connectivity index (χ3n) is 3.41. The number of anilines is 1. The molecule has 98 valence electrons. The molecule has 1 aliphatic rings. The summed E-state index contributed by atoms with van der Waals surface area (Å²) in [4.78, 5) is 14.2. The summed E-state index contributed by atoms with van der Waals surface area (Å²) < 4.78 is 0. The van der Waals surface area contributed by atoms with Crippen LogP contribution in [-0.2, 0) is 0 Å². The fourth-order valence-electron chi connectivity index (χ4n) is 2.27. The Bertz CT molecular complexity index is 414. The van der Waals surface area contributed by atoms with Crippen molar-refractivity contribution in [2.45, 2.75) is 18.9 Å². The van der Waals surface area contributed by atoms with E-state index in [-0.39, 0.29) is 5.12 Å². The average Bonchev–Trinajstić information content (AvgIpc) is 2.41. The summed E-state index contributed by atoms with van der Waals surface area (Å²) in [5.41, 5.74) is 1.77. The molecule has 0 spiro atoms.